The molecule has 0 bridgehead atoms. The van der Waals surface area contributed by atoms with Crippen LogP contribution in [0.1, 0.15) is 38.1 Å². The molecule has 0 unspecified atom stereocenters. The van der Waals surface area contributed by atoms with Gasteiger partial charge in [-0.3, -0.25) is 4.79 Å². The zero-order chi connectivity index (χ0) is 24.4. The monoisotopic (exact) mass is 477 g/mol. The number of rotatable bonds is 13. The summed E-state index contributed by atoms with van der Waals surface area (Å²) in [5, 5.41) is 2.92. The van der Waals surface area contributed by atoms with Crippen molar-refractivity contribution in [1.29, 1.82) is 0 Å². The molecule has 0 saturated heterocycles. The van der Waals surface area contributed by atoms with Gasteiger partial charge in [-0.05, 0) is 44.2 Å². The SMILES string of the molecule is CCN(CC)c1ccc(S(=O)(=O)N(CC)CC)cc1NC(=O)c1ccccc1OCCOC. The summed E-state index contributed by atoms with van der Waals surface area (Å²) in [6, 6.07) is 11.8. The molecule has 0 aliphatic heterocycles. The highest BCUT2D eigenvalue weighted by Crippen LogP contribution is 2.31. The van der Waals surface area contributed by atoms with Gasteiger partial charge in [-0.25, -0.2) is 8.42 Å². The number of carbonyl (C=O) groups is 1. The third kappa shape index (κ3) is 6.46. The molecule has 0 heterocycles. The maximum atomic E-state index is 13.2. The minimum atomic E-state index is -3.68. The van der Waals surface area contributed by atoms with Crippen molar-refractivity contribution in [3.05, 3.63) is 48.0 Å². The molecule has 0 atom stereocenters. The smallest absolute Gasteiger partial charge is 0.259 e. The van der Waals surface area contributed by atoms with Gasteiger partial charge in [0.25, 0.3) is 5.91 Å². The number of nitrogens with one attached hydrogen (secondary N) is 1. The Kier molecular flexibility index (Phi) is 10.1. The van der Waals surface area contributed by atoms with Gasteiger partial charge in [0.15, 0.2) is 0 Å². The molecule has 182 valence electrons. The Morgan fingerprint density at radius 2 is 1.61 bits per heavy atom. The predicted molar refractivity (Wildman–Crippen MR) is 132 cm³/mol. The lowest BCUT2D eigenvalue weighted by Gasteiger charge is -2.26. The van der Waals surface area contributed by atoms with Crippen molar-refractivity contribution < 1.29 is 22.7 Å². The third-order valence-corrected chi connectivity index (χ3v) is 7.39. The number of benzene rings is 2. The van der Waals surface area contributed by atoms with Gasteiger partial charge in [-0.2, -0.15) is 4.31 Å². The van der Waals surface area contributed by atoms with E-state index in [1.807, 2.05) is 13.8 Å². The van der Waals surface area contributed by atoms with Crippen LogP contribution in [0.2, 0.25) is 0 Å². The van der Waals surface area contributed by atoms with Gasteiger partial charge in [-0.15, -0.1) is 0 Å². The minimum Gasteiger partial charge on any atom is -0.490 e. The maximum absolute atomic E-state index is 13.2. The summed E-state index contributed by atoms with van der Waals surface area (Å²) in [5.41, 5.74) is 1.55. The first-order chi connectivity index (χ1) is 15.8. The lowest BCUT2D eigenvalue weighted by atomic mass is 10.1. The molecule has 0 aliphatic rings. The van der Waals surface area contributed by atoms with Crippen molar-refractivity contribution in [3.63, 3.8) is 0 Å². The Morgan fingerprint density at radius 3 is 2.21 bits per heavy atom. The van der Waals surface area contributed by atoms with Gasteiger partial charge < -0.3 is 19.7 Å². The number of sulfonamides is 1. The molecule has 0 saturated carbocycles. The standard InChI is InChI=1S/C24H35N3O5S/c1-6-26(7-2)22-15-14-19(33(29,30)27(8-3)9-4)18-21(22)25-24(28)20-12-10-11-13-23(20)32-17-16-31-5/h10-15,18H,6-9,16-17H2,1-5H3,(H,25,28). The third-order valence-electron chi connectivity index (χ3n) is 5.34. The predicted octanol–water partition coefficient (Wildman–Crippen LogP) is 3.84. The molecular weight excluding hydrogens is 442 g/mol. The number of hydrogen-bond donors (Lipinski definition) is 1. The summed E-state index contributed by atoms with van der Waals surface area (Å²) in [7, 11) is -2.10. The molecule has 2 aromatic carbocycles. The normalized spacial score (nSPS) is 11.5. The van der Waals surface area contributed by atoms with Crippen LogP contribution in [0.15, 0.2) is 47.4 Å². The van der Waals surface area contributed by atoms with Crippen molar-refractivity contribution in [2.45, 2.75) is 32.6 Å². The Labute approximate surface area is 197 Å². The molecule has 1 N–H and O–H groups in total. The van der Waals surface area contributed by atoms with E-state index >= 15 is 0 Å². The quantitative estimate of drug-likeness (QED) is 0.441. The number of hydrogen-bond acceptors (Lipinski definition) is 6. The summed E-state index contributed by atoms with van der Waals surface area (Å²) >= 11 is 0. The fourth-order valence-corrected chi connectivity index (χ4v) is 5.02. The molecule has 0 radical (unpaired) electrons. The fraction of sp³-hybridized carbons (Fsp3) is 0.458. The van der Waals surface area contributed by atoms with Crippen LogP contribution in [0.3, 0.4) is 0 Å². The molecule has 8 nitrogen and oxygen atoms in total. The Hall–Kier alpha value is -2.62. The second-order valence-corrected chi connectivity index (χ2v) is 9.17. The zero-order valence-electron chi connectivity index (χ0n) is 20.1. The number of amides is 1. The van der Waals surface area contributed by atoms with Crippen LogP contribution in [0.5, 0.6) is 5.75 Å². The van der Waals surface area contributed by atoms with E-state index in [1.165, 1.54) is 10.4 Å². The Balaban J connectivity index is 2.48. The van der Waals surface area contributed by atoms with Gasteiger partial charge in [0.2, 0.25) is 10.0 Å². The molecular formula is C24H35N3O5S. The second kappa shape index (κ2) is 12.6. The summed E-state index contributed by atoms with van der Waals surface area (Å²) in [5.74, 6) is 0.0529. The van der Waals surface area contributed by atoms with Gasteiger partial charge in [0.1, 0.15) is 12.4 Å². The van der Waals surface area contributed by atoms with Crippen LogP contribution in [0, 0.1) is 0 Å². The van der Waals surface area contributed by atoms with Gasteiger partial charge in [0, 0.05) is 33.3 Å². The van der Waals surface area contributed by atoms with Crippen molar-refractivity contribution in [2.75, 3.05) is 56.7 Å². The zero-order valence-corrected chi connectivity index (χ0v) is 20.9. The Morgan fingerprint density at radius 1 is 0.939 bits per heavy atom. The molecule has 0 fully saturated rings. The van der Waals surface area contributed by atoms with Crippen molar-refractivity contribution >= 4 is 27.3 Å². The highest BCUT2D eigenvalue weighted by Gasteiger charge is 2.24. The lowest BCUT2D eigenvalue weighted by molar-refractivity contribution is 0.101. The first-order valence-corrected chi connectivity index (χ1v) is 12.7. The topological polar surface area (TPSA) is 88.2 Å². The summed E-state index contributed by atoms with van der Waals surface area (Å²) in [6.45, 7) is 10.5. The number of methoxy groups -OCH3 is 1. The van der Waals surface area contributed by atoms with E-state index in [2.05, 4.69) is 10.2 Å². The van der Waals surface area contributed by atoms with E-state index in [4.69, 9.17) is 9.47 Å². The molecule has 1 amide bonds. The molecule has 2 rings (SSSR count). The number of nitrogens with zero attached hydrogens (tertiary/aromatic N) is 2. The molecule has 0 aromatic heterocycles. The van der Waals surface area contributed by atoms with Crippen molar-refractivity contribution in [3.8, 4) is 5.75 Å². The van der Waals surface area contributed by atoms with Gasteiger partial charge in [0.05, 0.1) is 28.4 Å². The van der Waals surface area contributed by atoms with Crippen LogP contribution in [0.25, 0.3) is 0 Å². The molecule has 0 spiro atoms. The van der Waals surface area contributed by atoms with Crippen LogP contribution >= 0.6 is 0 Å². The fourth-order valence-electron chi connectivity index (χ4n) is 3.53. The van der Waals surface area contributed by atoms with Crippen molar-refractivity contribution in [1.82, 2.24) is 4.31 Å². The first-order valence-electron chi connectivity index (χ1n) is 11.2. The Bertz CT molecular complexity index is 1020. The number of para-hydroxylation sites is 1. The van der Waals surface area contributed by atoms with Crippen LogP contribution in [-0.4, -0.2) is 65.1 Å². The highest BCUT2D eigenvalue weighted by molar-refractivity contribution is 7.89. The van der Waals surface area contributed by atoms with Crippen LogP contribution < -0.4 is 15.0 Å². The maximum Gasteiger partial charge on any atom is 0.259 e. The molecule has 0 aliphatic carbocycles. The van der Waals surface area contributed by atoms with E-state index in [0.29, 0.717) is 56.4 Å². The van der Waals surface area contributed by atoms with Crippen LogP contribution in [-0.2, 0) is 14.8 Å². The lowest BCUT2D eigenvalue weighted by Crippen LogP contribution is -2.31. The average Bonchev–Trinajstić information content (AvgIpc) is 2.81. The van der Waals surface area contributed by atoms with Gasteiger partial charge in [-0.1, -0.05) is 26.0 Å². The number of anilines is 2. The molecule has 9 heteroatoms. The highest BCUT2D eigenvalue weighted by atomic mass is 32.2. The van der Waals surface area contributed by atoms with Crippen molar-refractivity contribution in [2.24, 2.45) is 0 Å². The average molecular weight is 478 g/mol. The van der Waals surface area contributed by atoms with Gasteiger partial charge >= 0.3 is 0 Å². The number of ether oxygens (including phenoxy) is 2. The van der Waals surface area contributed by atoms with E-state index in [1.54, 1.807) is 57.4 Å². The van der Waals surface area contributed by atoms with Crippen LogP contribution in [0.4, 0.5) is 11.4 Å². The summed E-state index contributed by atoms with van der Waals surface area (Å²) in [6.07, 6.45) is 0. The largest absolute Gasteiger partial charge is 0.490 e. The van der Waals surface area contributed by atoms with E-state index in [0.717, 1.165) is 5.69 Å². The molecule has 33 heavy (non-hydrogen) atoms. The first kappa shape index (κ1) is 26.6. The summed E-state index contributed by atoms with van der Waals surface area (Å²) < 4.78 is 38.3. The minimum absolute atomic E-state index is 0.141. The van der Waals surface area contributed by atoms with E-state index < -0.39 is 10.0 Å². The second-order valence-electron chi connectivity index (χ2n) is 7.23. The summed E-state index contributed by atoms with van der Waals surface area (Å²) in [4.78, 5) is 15.4. The number of carbonyl (C=O) groups excluding carboxylic acids is 1. The molecule has 2 aromatic rings. The van der Waals surface area contributed by atoms with E-state index in [-0.39, 0.29) is 10.8 Å². The van der Waals surface area contributed by atoms with E-state index in [9.17, 15) is 13.2 Å².